The minimum Gasteiger partial charge on any atom is -0.0991 e. The molecule has 0 saturated carbocycles. The van der Waals surface area contributed by atoms with E-state index >= 15 is 0 Å². The van der Waals surface area contributed by atoms with Crippen LogP contribution < -0.4 is 0 Å². The van der Waals surface area contributed by atoms with Crippen LogP contribution in [0.4, 0.5) is 0 Å². The van der Waals surface area contributed by atoms with Crippen molar-refractivity contribution in [1.82, 2.24) is 0 Å². The molecule has 74 valence electrons. The third kappa shape index (κ3) is 3.21. The molecule has 0 fully saturated rings. The van der Waals surface area contributed by atoms with Crippen molar-refractivity contribution < 1.29 is 0 Å². The summed E-state index contributed by atoms with van der Waals surface area (Å²) in [6.07, 6.45) is 9.62. The fourth-order valence-corrected chi connectivity index (χ4v) is 1.46. The van der Waals surface area contributed by atoms with Crippen LogP contribution in [-0.4, -0.2) is 0 Å². The molecule has 0 aromatic heterocycles. The zero-order chi connectivity index (χ0) is 10.2. The molecule has 0 nitrogen and oxygen atoms in total. The second kappa shape index (κ2) is 6.20. The molecule has 0 amide bonds. The molecule has 0 heteroatoms. The molecule has 1 aromatic rings. The van der Waals surface area contributed by atoms with E-state index in [2.05, 4.69) is 43.8 Å². The van der Waals surface area contributed by atoms with Gasteiger partial charge >= 0.3 is 0 Å². The van der Waals surface area contributed by atoms with Gasteiger partial charge in [0, 0.05) is 0 Å². The van der Waals surface area contributed by atoms with Gasteiger partial charge in [-0.05, 0) is 24.0 Å². The van der Waals surface area contributed by atoms with Crippen molar-refractivity contribution in [2.45, 2.75) is 26.2 Å². The molecule has 1 aromatic carbocycles. The summed E-state index contributed by atoms with van der Waals surface area (Å²) in [6.45, 7) is 5.91. The second-order valence-corrected chi connectivity index (χ2v) is 3.40. The molecule has 0 spiro atoms. The highest BCUT2D eigenvalue weighted by molar-refractivity contribution is 5.55. The van der Waals surface area contributed by atoms with Crippen LogP contribution in [0.3, 0.4) is 0 Å². The minimum atomic E-state index is 1.17. The third-order valence-corrected chi connectivity index (χ3v) is 2.27. The van der Waals surface area contributed by atoms with Gasteiger partial charge < -0.3 is 0 Å². The molecule has 0 heterocycles. The summed E-state index contributed by atoms with van der Waals surface area (Å²) in [5.74, 6) is 0. The van der Waals surface area contributed by atoms with Gasteiger partial charge in [0.1, 0.15) is 0 Å². The van der Waals surface area contributed by atoms with Crippen LogP contribution in [0.15, 0.2) is 43.0 Å². The van der Waals surface area contributed by atoms with Crippen LogP contribution in [0.5, 0.6) is 0 Å². The summed E-state index contributed by atoms with van der Waals surface area (Å²) in [4.78, 5) is 0. The number of hydrogen-bond acceptors (Lipinski definition) is 0. The number of hydrogen-bond donors (Lipinski definition) is 0. The van der Waals surface area contributed by atoms with Crippen LogP contribution in [0.25, 0.3) is 6.08 Å². The van der Waals surface area contributed by atoms with Crippen molar-refractivity contribution in [1.29, 1.82) is 0 Å². The normalized spacial score (nSPS) is 10.6. The molecule has 1 rings (SSSR count). The lowest BCUT2D eigenvalue weighted by Crippen LogP contribution is -1.88. The van der Waals surface area contributed by atoms with Crippen molar-refractivity contribution in [3.05, 3.63) is 54.1 Å². The van der Waals surface area contributed by atoms with Gasteiger partial charge in [-0.1, -0.05) is 62.4 Å². The van der Waals surface area contributed by atoms with E-state index in [0.717, 1.165) is 0 Å². The molecule has 14 heavy (non-hydrogen) atoms. The van der Waals surface area contributed by atoms with Gasteiger partial charge in [-0.3, -0.25) is 0 Å². The molecular formula is C14H18. The standard InChI is InChI=1S/C14H18/c1-3-5-9-13-11-7-8-12-14(13)10-6-4-2/h3,5,7-9,11-12H,1,4,6,10H2,2H3. The molecule has 0 aliphatic carbocycles. The van der Waals surface area contributed by atoms with Gasteiger partial charge in [0.05, 0.1) is 0 Å². The topological polar surface area (TPSA) is 0 Å². The van der Waals surface area contributed by atoms with Crippen LogP contribution >= 0.6 is 0 Å². The maximum absolute atomic E-state index is 3.68. The highest BCUT2D eigenvalue weighted by Crippen LogP contribution is 2.13. The van der Waals surface area contributed by atoms with Crippen molar-refractivity contribution in [2.24, 2.45) is 0 Å². The van der Waals surface area contributed by atoms with Gasteiger partial charge in [-0.25, -0.2) is 0 Å². The Morgan fingerprint density at radius 3 is 2.79 bits per heavy atom. The summed E-state index contributed by atoms with van der Waals surface area (Å²) in [5.41, 5.74) is 2.76. The molecule has 0 N–H and O–H groups in total. The Hall–Kier alpha value is -1.30. The summed E-state index contributed by atoms with van der Waals surface area (Å²) in [5, 5.41) is 0. The Bertz CT molecular complexity index is 308. The molecule has 0 atom stereocenters. The molecule has 0 saturated heterocycles. The van der Waals surface area contributed by atoms with Gasteiger partial charge in [0.25, 0.3) is 0 Å². The van der Waals surface area contributed by atoms with Crippen LogP contribution in [0, 0.1) is 0 Å². The van der Waals surface area contributed by atoms with E-state index in [1.54, 1.807) is 0 Å². The number of allylic oxidation sites excluding steroid dienone is 2. The van der Waals surface area contributed by atoms with E-state index in [4.69, 9.17) is 0 Å². The first kappa shape index (κ1) is 10.8. The van der Waals surface area contributed by atoms with Gasteiger partial charge in [-0.2, -0.15) is 0 Å². The summed E-state index contributed by atoms with van der Waals surface area (Å²) >= 11 is 0. The Balaban J connectivity index is 2.79. The average molecular weight is 186 g/mol. The van der Waals surface area contributed by atoms with E-state index in [0.29, 0.717) is 0 Å². The first-order chi connectivity index (χ1) is 6.88. The molecule has 0 bridgehead atoms. The number of aryl methyl sites for hydroxylation is 1. The zero-order valence-corrected chi connectivity index (χ0v) is 8.87. The fourth-order valence-electron chi connectivity index (χ4n) is 1.46. The van der Waals surface area contributed by atoms with Crippen molar-refractivity contribution >= 4 is 6.08 Å². The quantitative estimate of drug-likeness (QED) is 0.604. The molecule has 0 radical (unpaired) electrons. The van der Waals surface area contributed by atoms with Crippen molar-refractivity contribution in [3.8, 4) is 0 Å². The average Bonchev–Trinajstić information content (AvgIpc) is 2.24. The summed E-state index contributed by atoms with van der Waals surface area (Å²) in [7, 11) is 0. The van der Waals surface area contributed by atoms with Crippen molar-refractivity contribution in [3.63, 3.8) is 0 Å². The van der Waals surface area contributed by atoms with E-state index in [9.17, 15) is 0 Å². The molecular weight excluding hydrogens is 168 g/mol. The Morgan fingerprint density at radius 2 is 2.07 bits per heavy atom. The van der Waals surface area contributed by atoms with Crippen LogP contribution in [-0.2, 0) is 6.42 Å². The lowest BCUT2D eigenvalue weighted by atomic mass is 10.0. The monoisotopic (exact) mass is 186 g/mol. The van der Waals surface area contributed by atoms with Crippen LogP contribution in [0.1, 0.15) is 30.9 Å². The van der Waals surface area contributed by atoms with Crippen LogP contribution in [0.2, 0.25) is 0 Å². The highest BCUT2D eigenvalue weighted by atomic mass is 14.0. The number of benzene rings is 1. The van der Waals surface area contributed by atoms with E-state index in [1.807, 2.05) is 12.2 Å². The van der Waals surface area contributed by atoms with E-state index in [1.165, 1.54) is 30.4 Å². The van der Waals surface area contributed by atoms with Crippen molar-refractivity contribution in [2.75, 3.05) is 0 Å². The number of rotatable bonds is 5. The first-order valence-electron chi connectivity index (χ1n) is 5.25. The highest BCUT2D eigenvalue weighted by Gasteiger charge is 1.96. The predicted molar refractivity (Wildman–Crippen MR) is 64.3 cm³/mol. The number of unbranched alkanes of at least 4 members (excludes halogenated alkanes) is 1. The van der Waals surface area contributed by atoms with Gasteiger partial charge in [-0.15, -0.1) is 0 Å². The van der Waals surface area contributed by atoms with E-state index in [-0.39, 0.29) is 0 Å². The molecule has 0 unspecified atom stereocenters. The largest absolute Gasteiger partial charge is 0.0991 e. The first-order valence-corrected chi connectivity index (χ1v) is 5.25. The summed E-state index contributed by atoms with van der Waals surface area (Å²) < 4.78 is 0. The Kier molecular flexibility index (Phi) is 4.77. The Morgan fingerprint density at radius 1 is 1.29 bits per heavy atom. The second-order valence-electron chi connectivity index (χ2n) is 3.40. The lowest BCUT2D eigenvalue weighted by Gasteiger charge is -2.04. The fraction of sp³-hybridized carbons (Fsp3) is 0.286. The molecule has 0 aliphatic rings. The summed E-state index contributed by atoms with van der Waals surface area (Å²) in [6, 6.07) is 8.55. The maximum Gasteiger partial charge on any atom is -0.0225 e. The smallest absolute Gasteiger partial charge is 0.0225 e. The predicted octanol–water partition coefficient (Wildman–Crippen LogP) is 4.23. The SMILES string of the molecule is C=CC=Cc1ccccc1CCCC. The molecule has 0 aliphatic heterocycles. The zero-order valence-electron chi connectivity index (χ0n) is 8.87. The van der Waals surface area contributed by atoms with E-state index < -0.39 is 0 Å². The third-order valence-electron chi connectivity index (χ3n) is 2.27. The van der Waals surface area contributed by atoms with Gasteiger partial charge in [0.2, 0.25) is 0 Å². The maximum atomic E-state index is 3.68. The lowest BCUT2D eigenvalue weighted by molar-refractivity contribution is 0.794. The minimum absolute atomic E-state index is 1.17. The Labute approximate surface area is 87.0 Å². The van der Waals surface area contributed by atoms with Gasteiger partial charge in [0.15, 0.2) is 0 Å².